The van der Waals surface area contributed by atoms with Crippen LogP contribution in [0.4, 0.5) is 5.82 Å². The van der Waals surface area contributed by atoms with Crippen LogP contribution in [0.3, 0.4) is 0 Å². The third kappa shape index (κ3) is 1.77. The highest BCUT2D eigenvalue weighted by Crippen LogP contribution is 2.14. The van der Waals surface area contributed by atoms with Gasteiger partial charge in [-0.25, -0.2) is 0 Å². The molecule has 4 N–H and O–H groups in total. The lowest BCUT2D eigenvalue weighted by Gasteiger charge is -2.02. The highest BCUT2D eigenvalue weighted by Gasteiger charge is 2.08. The molecule has 2 heterocycles. The Labute approximate surface area is 90.9 Å². The van der Waals surface area contributed by atoms with E-state index in [-0.39, 0.29) is 0 Å². The number of nitrogens with zero attached hydrogens (tertiary/aromatic N) is 4. The zero-order chi connectivity index (χ0) is 10.8. The summed E-state index contributed by atoms with van der Waals surface area (Å²) in [7, 11) is 0. The van der Waals surface area contributed by atoms with Gasteiger partial charge in [0.1, 0.15) is 5.82 Å². The van der Waals surface area contributed by atoms with Gasteiger partial charge in [-0.15, -0.1) is 10.2 Å². The van der Waals surface area contributed by atoms with Crippen molar-refractivity contribution >= 4 is 17.4 Å². The Bertz CT molecular complexity index is 462. The van der Waals surface area contributed by atoms with Gasteiger partial charge in [-0.1, -0.05) is 11.6 Å². The number of rotatable bonds is 2. The predicted molar refractivity (Wildman–Crippen MR) is 56.5 cm³/mol. The van der Waals surface area contributed by atoms with Gasteiger partial charge in [-0.2, -0.15) is 9.78 Å². The molecule has 0 bridgehead atoms. The Morgan fingerprint density at radius 2 is 2.13 bits per heavy atom. The third-order valence-electron chi connectivity index (χ3n) is 1.94. The van der Waals surface area contributed by atoms with Crippen molar-refractivity contribution in [3.63, 3.8) is 0 Å². The van der Waals surface area contributed by atoms with E-state index in [1.807, 2.05) is 0 Å². The van der Waals surface area contributed by atoms with Gasteiger partial charge in [-0.3, -0.25) is 0 Å². The zero-order valence-corrected chi connectivity index (χ0v) is 8.52. The van der Waals surface area contributed by atoms with Gasteiger partial charge in [0.15, 0.2) is 11.0 Å². The maximum atomic E-state index is 5.80. The van der Waals surface area contributed by atoms with E-state index < -0.39 is 0 Å². The molecule has 0 saturated carbocycles. The van der Waals surface area contributed by atoms with Crippen LogP contribution in [0.5, 0.6) is 0 Å². The molecule has 0 radical (unpaired) electrons. The summed E-state index contributed by atoms with van der Waals surface area (Å²) in [5, 5.41) is 11.9. The smallest absolute Gasteiger partial charge is 0.178 e. The minimum Gasteiger partial charge on any atom is -0.383 e. The second kappa shape index (κ2) is 3.84. The summed E-state index contributed by atoms with van der Waals surface area (Å²) in [6, 6.07) is 3.30. The monoisotopic (exact) mass is 224 g/mol. The topological polar surface area (TPSA) is 95.6 Å². The van der Waals surface area contributed by atoms with Crippen LogP contribution in [0.2, 0.25) is 5.15 Å². The van der Waals surface area contributed by atoms with Crippen LogP contribution in [0.15, 0.2) is 18.3 Å². The van der Waals surface area contributed by atoms with Gasteiger partial charge < -0.3 is 11.5 Å². The Morgan fingerprint density at radius 3 is 2.67 bits per heavy atom. The molecule has 0 fully saturated rings. The maximum absolute atomic E-state index is 5.80. The molecule has 0 aliphatic carbocycles. The Balaban J connectivity index is 2.45. The maximum Gasteiger partial charge on any atom is 0.178 e. The Kier molecular flexibility index (Phi) is 2.53. The predicted octanol–water partition coefficient (Wildman–Crippen LogP) is 0.357. The van der Waals surface area contributed by atoms with Crippen molar-refractivity contribution in [3.05, 3.63) is 29.0 Å². The van der Waals surface area contributed by atoms with Crippen molar-refractivity contribution in [2.75, 3.05) is 5.73 Å². The molecule has 7 heteroatoms. The average molecular weight is 225 g/mol. The fourth-order valence-corrected chi connectivity index (χ4v) is 1.25. The first-order valence-corrected chi connectivity index (χ1v) is 4.62. The summed E-state index contributed by atoms with van der Waals surface area (Å²) < 4.78 is 1.46. The fourth-order valence-electron chi connectivity index (χ4n) is 1.15. The van der Waals surface area contributed by atoms with Crippen LogP contribution in [0.1, 0.15) is 5.56 Å². The summed E-state index contributed by atoms with van der Waals surface area (Å²) in [6.45, 7) is 0.340. The van der Waals surface area contributed by atoms with Crippen molar-refractivity contribution in [1.82, 2.24) is 20.0 Å². The van der Waals surface area contributed by atoms with E-state index in [1.54, 1.807) is 18.3 Å². The number of nitrogen functional groups attached to an aromatic ring is 1. The first kappa shape index (κ1) is 9.88. The second-order valence-electron chi connectivity index (χ2n) is 2.89. The normalized spacial score (nSPS) is 10.5. The van der Waals surface area contributed by atoms with Gasteiger partial charge in [-0.05, 0) is 12.1 Å². The molecule has 78 valence electrons. The van der Waals surface area contributed by atoms with E-state index in [0.717, 1.165) is 5.56 Å². The van der Waals surface area contributed by atoms with E-state index >= 15 is 0 Å². The van der Waals surface area contributed by atoms with Crippen LogP contribution in [-0.4, -0.2) is 20.0 Å². The largest absolute Gasteiger partial charge is 0.383 e. The number of hydrogen-bond acceptors (Lipinski definition) is 5. The molecule has 0 aromatic carbocycles. The molecule has 0 saturated heterocycles. The Morgan fingerprint density at radius 1 is 1.33 bits per heavy atom. The molecular weight excluding hydrogens is 216 g/mol. The van der Waals surface area contributed by atoms with Crippen LogP contribution in [-0.2, 0) is 6.54 Å². The van der Waals surface area contributed by atoms with Gasteiger partial charge in [0.2, 0.25) is 0 Å². The molecule has 0 spiro atoms. The van der Waals surface area contributed by atoms with Crippen molar-refractivity contribution in [3.8, 4) is 5.82 Å². The standard InChI is InChI=1S/C8H9ClN6/c9-6-1-2-7(14-13-6)15-8(11)5(3-10)4-12-15/h1-2,4H,3,10-11H2. The molecule has 0 aliphatic rings. The number of halogens is 1. The van der Waals surface area contributed by atoms with Crippen LogP contribution in [0, 0.1) is 0 Å². The molecule has 0 atom stereocenters. The number of aromatic nitrogens is 4. The van der Waals surface area contributed by atoms with Crippen molar-refractivity contribution in [2.24, 2.45) is 5.73 Å². The van der Waals surface area contributed by atoms with Gasteiger partial charge in [0.25, 0.3) is 0 Å². The minimum absolute atomic E-state index is 0.323. The number of hydrogen-bond donors (Lipinski definition) is 2. The lowest BCUT2D eigenvalue weighted by atomic mass is 10.3. The molecule has 0 aliphatic heterocycles. The summed E-state index contributed by atoms with van der Waals surface area (Å²) in [5.74, 6) is 0.978. The molecule has 6 nitrogen and oxygen atoms in total. The first-order valence-electron chi connectivity index (χ1n) is 4.24. The van der Waals surface area contributed by atoms with E-state index in [1.165, 1.54) is 4.68 Å². The van der Waals surface area contributed by atoms with Crippen molar-refractivity contribution in [1.29, 1.82) is 0 Å². The highest BCUT2D eigenvalue weighted by atomic mass is 35.5. The van der Waals surface area contributed by atoms with E-state index in [0.29, 0.717) is 23.3 Å². The first-order chi connectivity index (χ1) is 7.22. The van der Waals surface area contributed by atoms with Gasteiger partial charge in [0.05, 0.1) is 6.20 Å². The third-order valence-corrected chi connectivity index (χ3v) is 2.14. The average Bonchev–Trinajstić information content (AvgIpc) is 2.61. The molecule has 2 aromatic rings. The summed E-state index contributed by atoms with van der Waals surface area (Å²) in [6.07, 6.45) is 1.60. The summed E-state index contributed by atoms with van der Waals surface area (Å²) >= 11 is 5.62. The number of nitrogens with two attached hydrogens (primary N) is 2. The van der Waals surface area contributed by atoms with Crippen LogP contribution >= 0.6 is 11.6 Å². The van der Waals surface area contributed by atoms with Crippen LogP contribution in [0.25, 0.3) is 5.82 Å². The summed E-state index contributed by atoms with van der Waals surface area (Å²) in [5.41, 5.74) is 12.0. The molecule has 2 rings (SSSR count). The number of anilines is 1. The molecule has 15 heavy (non-hydrogen) atoms. The molecular formula is C8H9ClN6. The summed E-state index contributed by atoms with van der Waals surface area (Å²) in [4.78, 5) is 0. The van der Waals surface area contributed by atoms with Crippen LogP contribution < -0.4 is 11.5 Å². The second-order valence-corrected chi connectivity index (χ2v) is 3.27. The zero-order valence-electron chi connectivity index (χ0n) is 7.76. The fraction of sp³-hybridized carbons (Fsp3) is 0.125. The van der Waals surface area contributed by atoms with E-state index in [2.05, 4.69) is 15.3 Å². The van der Waals surface area contributed by atoms with Gasteiger partial charge in [0, 0.05) is 12.1 Å². The molecule has 0 unspecified atom stereocenters. The Hall–Kier alpha value is -1.66. The van der Waals surface area contributed by atoms with E-state index in [4.69, 9.17) is 23.1 Å². The minimum atomic E-state index is 0.323. The SMILES string of the molecule is NCc1cnn(-c2ccc(Cl)nn2)c1N. The molecule has 2 aromatic heterocycles. The lowest BCUT2D eigenvalue weighted by molar-refractivity contribution is 0.822. The van der Waals surface area contributed by atoms with Gasteiger partial charge >= 0.3 is 0 Å². The molecule has 0 amide bonds. The van der Waals surface area contributed by atoms with Crippen molar-refractivity contribution in [2.45, 2.75) is 6.54 Å². The van der Waals surface area contributed by atoms with Crippen molar-refractivity contribution < 1.29 is 0 Å². The van der Waals surface area contributed by atoms with E-state index in [9.17, 15) is 0 Å². The quantitative estimate of drug-likeness (QED) is 0.768. The highest BCUT2D eigenvalue weighted by molar-refractivity contribution is 6.29. The lowest BCUT2D eigenvalue weighted by Crippen LogP contribution is -2.07.